The molecule has 0 heterocycles. The second-order valence-corrected chi connectivity index (χ2v) is 1.24. The van der Waals surface area contributed by atoms with Gasteiger partial charge in [0.15, 0.2) is 0 Å². The lowest BCUT2D eigenvalue weighted by Gasteiger charge is -1.90. The van der Waals surface area contributed by atoms with Crippen molar-refractivity contribution in [3.63, 3.8) is 0 Å². The second kappa shape index (κ2) is 7.41. The Kier molecular flexibility index (Phi) is 9.26. The predicted molar refractivity (Wildman–Crippen MR) is 31.5 cm³/mol. The summed E-state index contributed by atoms with van der Waals surface area (Å²) in [5, 5.41) is 21.9. The van der Waals surface area contributed by atoms with Crippen molar-refractivity contribution >= 4 is 13.7 Å². The van der Waals surface area contributed by atoms with E-state index in [2.05, 4.69) is 0 Å². The van der Waals surface area contributed by atoms with E-state index in [0.29, 0.717) is 0 Å². The second-order valence-electron chi connectivity index (χ2n) is 1.24. The third kappa shape index (κ3) is 18.6. The van der Waals surface area contributed by atoms with Gasteiger partial charge in [-0.3, -0.25) is 4.79 Å². The molecule has 0 aliphatic rings. The molecule has 0 spiro atoms. The fraction of sp³-hybridized carbons (Fsp3) is 0.667. The molecule has 1 atom stereocenters. The minimum absolute atomic E-state index is 0. The molecule has 53 valence electrons. The van der Waals surface area contributed by atoms with Gasteiger partial charge in [0.2, 0.25) is 0 Å². The van der Waals surface area contributed by atoms with Gasteiger partial charge in [0.05, 0.1) is 0 Å². The van der Waals surface area contributed by atoms with Crippen molar-refractivity contribution in [1.82, 2.24) is 0 Å². The van der Waals surface area contributed by atoms with E-state index in [1.54, 1.807) is 0 Å². The largest absolute Gasteiger partial charge is 0.482 e. The Morgan fingerprint density at radius 2 is 1.78 bits per heavy atom. The monoisotopic (exact) mass is 134 g/mol. The Morgan fingerprint density at radius 1 is 1.67 bits per heavy atom. The molecule has 6 heteroatoms. The van der Waals surface area contributed by atoms with Crippen molar-refractivity contribution in [2.75, 3.05) is 0 Å². The maximum absolute atomic E-state index is 9.57. The highest BCUT2D eigenvalue weighted by atomic mass is 16.4. The molecule has 0 aromatic heterocycles. The summed E-state index contributed by atoms with van der Waals surface area (Å²) in [6, 6.07) is -0.731. The highest BCUT2D eigenvalue weighted by Gasteiger charge is 1.99. The number of carboxylic acid groups (broad SMARTS) is 1. The summed E-state index contributed by atoms with van der Waals surface area (Å²) in [5.74, 6) is -0.963. The van der Waals surface area contributed by atoms with E-state index in [0.717, 1.165) is 0 Å². The summed E-state index contributed by atoms with van der Waals surface area (Å²) < 4.78 is 0. The molecule has 0 fully saturated rings. The van der Waals surface area contributed by atoms with Gasteiger partial charge >= 0.3 is 13.7 Å². The first-order chi connectivity index (χ1) is 4.06. The highest BCUT2D eigenvalue weighted by Crippen LogP contribution is 1.68. The Labute approximate surface area is 53.4 Å². The number of carbonyl (C=O) groups is 1. The Hall–Kier alpha value is -0.585. The number of hydrogen-bond donors (Lipinski definition) is 4. The van der Waals surface area contributed by atoms with Crippen molar-refractivity contribution in [2.24, 2.45) is 5.73 Å². The van der Waals surface area contributed by atoms with Crippen LogP contribution < -0.4 is 5.73 Å². The Bertz CT molecular complexity index is 76.2. The molecule has 0 saturated carbocycles. The lowest BCUT2D eigenvalue weighted by Crippen LogP contribution is -2.25. The van der Waals surface area contributed by atoms with E-state index in [9.17, 15) is 4.79 Å². The fourth-order valence-corrected chi connectivity index (χ4v) is 0. The molecule has 0 unspecified atom stereocenters. The van der Waals surface area contributed by atoms with Gasteiger partial charge in [0, 0.05) is 0 Å². The van der Waals surface area contributed by atoms with Gasteiger partial charge in [-0.05, 0) is 6.92 Å². The maximum Gasteiger partial charge on any atom is 0.482 e. The van der Waals surface area contributed by atoms with Crippen LogP contribution in [0.1, 0.15) is 6.92 Å². The molecule has 0 saturated heterocycles. The van der Waals surface area contributed by atoms with Crippen LogP contribution in [0, 0.1) is 0 Å². The first kappa shape index (κ1) is 11.2. The predicted octanol–water partition coefficient (Wildman–Crippen LogP) is -2.08. The van der Waals surface area contributed by atoms with Gasteiger partial charge in [-0.2, -0.15) is 0 Å². The van der Waals surface area contributed by atoms with Gasteiger partial charge in [-0.1, -0.05) is 0 Å². The number of hydrogen-bond acceptors (Lipinski definition) is 4. The van der Waals surface area contributed by atoms with E-state index in [4.69, 9.17) is 20.9 Å². The normalized spacial score (nSPS) is 10.7. The standard InChI is InChI=1S/C3H7NO2.BH2O2/c1-2(4)3(5)6;2-1-3/h2H,4H2,1H3,(H,5,6);2-3H/t2-;/m0./s1. The van der Waals surface area contributed by atoms with Crippen LogP contribution in [0.15, 0.2) is 0 Å². The molecule has 0 rings (SSSR count). The summed E-state index contributed by atoms with van der Waals surface area (Å²) in [6.07, 6.45) is 0. The number of aliphatic carboxylic acids is 1. The topological polar surface area (TPSA) is 104 Å². The molecule has 0 aliphatic carbocycles. The first-order valence-electron chi connectivity index (χ1n) is 2.14. The molecule has 5 N–H and O–H groups in total. The van der Waals surface area contributed by atoms with Crippen LogP contribution in [0.4, 0.5) is 0 Å². The molecule has 1 radical (unpaired) electrons. The molecule has 0 aliphatic heterocycles. The number of nitrogens with two attached hydrogens (primary N) is 1. The minimum atomic E-state index is -0.963. The van der Waals surface area contributed by atoms with Crippen LogP contribution in [0.25, 0.3) is 0 Å². The average molecular weight is 134 g/mol. The fourth-order valence-electron chi connectivity index (χ4n) is 0. The zero-order chi connectivity index (χ0) is 7.86. The SMILES string of the molecule is C[C@H](N)C(=O)O.O[B]O. The molecule has 9 heavy (non-hydrogen) atoms. The highest BCUT2D eigenvalue weighted by molar-refractivity contribution is 6.13. The molecule has 0 amide bonds. The molecule has 5 nitrogen and oxygen atoms in total. The summed E-state index contributed by atoms with van der Waals surface area (Å²) >= 11 is 0. The lowest BCUT2D eigenvalue weighted by atomic mass is 10.4. The number of carboxylic acids is 1. The lowest BCUT2D eigenvalue weighted by molar-refractivity contribution is -0.138. The summed E-state index contributed by atoms with van der Waals surface area (Å²) in [5.41, 5.74) is 4.84. The van der Waals surface area contributed by atoms with E-state index in [-0.39, 0.29) is 7.69 Å². The van der Waals surface area contributed by atoms with Crippen LogP contribution in [0.3, 0.4) is 0 Å². The van der Waals surface area contributed by atoms with E-state index in [1.807, 2.05) is 0 Å². The molecular weight excluding hydrogens is 125 g/mol. The van der Waals surface area contributed by atoms with Crippen LogP contribution >= 0.6 is 0 Å². The smallest absolute Gasteiger partial charge is 0.480 e. The average Bonchev–Trinajstić information content (AvgIpc) is 1.68. The third-order valence-corrected chi connectivity index (χ3v) is 0.390. The Morgan fingerprint density at radius 3 is 1.78 bits per heavy atom. The van der Waals surface area contributed by atoms with Crippen molar-refractivity contribution in [3.8, 4) is 0 Å². The van der Waals surface area contributed by atoms with Gasteiger partial charge in [-0.25, -0.2) is 0 Å². The molecular formula is C3H9BNO4. The molecule has 0 aromatic rings. The molecule has 0 bridgehead atoms. The van der Waals surface area contributed by atoms with Gasteiger partial charge in [0.25, 0.3) is 0 Å². The van der Waals surface area contributed by atoms with E-state index >= 15 is 0 Å². The zero-order valence-electron chi connectivity index (χ0n) is 4.98. The maximum atomic E-state index is 9.57. The van der Waals surface area contributed by atoms with Crippen molar-refractivity contribution in [1.29, 1.82) is 0 Å². The minimum Gasteiger partial charge on any atom is -0.480 e. The quantitative estimate of drug-likeness (QED) is 0.308. The number of rotatable bonds is 1. The van der Waals surface area contributed by atoms with Crippen molar-refractivity contribution in [3.05, 3.63) is 0 Å². The van der Waals surface area contributed by atoms with Crippen LogP contribution in [0.2, 0.25) is 0 Å². The summed E-state index contributed by atoms with van der Waals surface area (Å²) in [6.45, 7) is 1.42. The summed E-state index contributed by atoms with van der Waals surface area (Å²) in [7, 11) is 0. The van der Waals surface area contributed by atoms with Crippen molar-refractivity contribution < 1.29 is 19.9 Å². The van der Waals surface area contributed by atoms with Crippen LogP contribution in [0.5, 0.6) is 0 Å². The van der Waals surface area contributed by atoms with E-state index < -0.39 is 12.0 Å². The van der Waals surface area contributed by atoms with Gasteiger partial charge < -0.3 is 20.9 Å². The third-order valence-electron chi connectivity index (χ3n) is 0.390. The van der Waals surface area contributed by atoms with Crippen molar-refractivity contribution in [2.45, 2.75) is 13.0 Å². The molecule has 0 aromatic carbocycles. The summed E-state index contributed by atoms with van der Waals surface area (Å²) in [4.78, 5) is 9.57. The van der Waals surface area contributed by atoms with E-state index in [1.165, 1.54) is 6.92 Å². The van der Waals surface area contributed by atoms with Gasteiger partial charge in [0.1, 0.15) is 6.04 Å². The first-order valence-corrected chi connectivity index (χ1v) is 2.14. The Balaban J connectivity index is 0. The van der Waals surface area contributed by atoms with Gasteiger partial charge in [-0.15, -0.1) is 0 Å². The van der Waals surface area contributed by atoms with Crippen LogP contribution in [-0.4, -0.2) is 34.9 Å². The zero-order valence-corrected chi connectivity index (χ0v) is 4.98. The van der Waals surface area contributed by atoms with Crippen LogP contribution in [-0.2, 0) is 4.79 Å².